The second-order valence-electron chi connectivity index (χ2n) is 5.20. The minimum Gasteiger partial charge on any atom is -0.314 e. The van der Waals surface area contributed by atoms with Crippen molar-refractivity contribution in [2.24, 2.45) is 5.92 Å². The highest BCUT2D eigenvalue weighted by Gasteiger charge is 2.25. The van der Waals surface area contributed by atoms with Crippen molar-refractivity contribution in [2.75, 3.05) is 37.7 Å². The minimum absolute atomic E-state index is 0.310. The van der Waals surface area contributed by atoms with Gasteiger partial charge in [0.05, 0.1) is 5.75 Å². The van der Waals surface area contributed by atoms with E-state index >= 15 is 0 Å². The van der Waals surface area contributed by atoms with Gasteiger partial charge in [-0.3, -0.25) is 4.90 Å². The zero-order valence-corrected chi connectivity index (χ0v) is 12.1. The van der Waals surface area contributed by atoms with Crippen LogP contribution >= 0.6 is 0 Å². The first-order chi connectivity index (χ1) is 7.96. The second-order valence-corrected chi connectivity index (χ2v) is 7.51. The lowest BCUT2D eigenvalue weighted by Gasteiger charge is -2.38. The molecule has 1 saturated heterocycles. The molecule has 0 bridgehead atoms. The van der Waals surface area contributed by atoms with Crippen molar-refractivity contribution in [2.45, 2.75) is 33.2 Å². The summed E-state index contributed by atoms with van der Waals surface area (Å²) in [6, 6.07) is 0.473. The molecule has 5 heteroatoms. The molecule has 4 nitrogen and oxygen atoms in total. The van der Waals surface area contributed by atoms with Gasteiger partial charge in [-0.1, -0.05) is 20.8 Å². The molecule has 1 atom stereocenters. The molecule has 17 heavy (non-hydrogen) atoms. The summed E-state index contributed by atoms with van der Waals surface area (Å²) in [5, 5.41) is 3.38. The van der Waals surface area contributed by atoms with Gasteiger partial charge in [-0.15, -0.1) is 0 Å². The van der Waals surface area contributed by atoms with Crippen LogP contribution in [0, 0.1) is 5.92 Å². The Balaban J connectivity index is 2.48. The zero-order chi connectivity index (χ0) is 12.9. The molecule has 1 N–H and O–H groups in total. The molecule has 0 amide bonds. The number of hydrogen-bond acceptors (Lipinski definition) is 4. The largest absolute Gasteiger partial charge is 0.314 e. The van der Waals surface area contributed by atoms with Crippen LogP contribution in [0.3, 0.4) is 0 Å². The van der Waals surface area contributed by atoms with Crippen LogP contribution in [-0.4, -0.2) is 57.0 Å². The summed E-state index contributed by atoms with van der Waals surface area (Å²) in [5.74, 6) is 1.20. The predicted molar refractivity (Wildman–Crippen MR) is 72.0 cm³/mol. The van der Waals surface area contributed by atoms with Gasteiger partial charge < -0.3 is 5.32 Å². The van der Waals surface area contributed by atoms with Gasteiger partial charge in [0.15, 0.2) is 9.84 Å². The summed E-state index contributed by atoms with van der Waals surface area (Å²) in [5.41, 5.74) is 0. The Hall–Kier alpha value is -0.130. The summed E-state index contributed by atoms with van der Waals surface area (Å²) >= 11 is 0. The van der Waals surface area contributed by atoms with Gasteiger partial charge in [-0.05, 0) is 12.3 Å². The minimum atomic E-state index is -2.84. The molecule has 1 heterocycles. The van der Waals surface area contributed by atoms with Gasteiger partial charge in [0.1, 0.15) is 0 Å². The third-order valence-corrected chi connectivity index (χ3v) is 5.21. The van der Waals surface area contributed by atoms with Crippen LogP contribution in [0.5, 0.6) is 0 Å². The Morgan fingerprint density at radius 1 is 1.35 bits per heavy atom. The molecule has 0 saturated carbocycles. The van der Waals surface area contributed by atoms with Crippen molar-refractivity contribution in [3.63, 3.8) is 0 Å². The lowest BCUT2D eigenvalue weighted by molar-refractivity contribution is 0.132. The zero-order valence-electron chi connectivity index (χ0n) is 11.3. The van der Waals surface area contributed by atoms with E-state index in [1.165, 1.54) is 0 Å². The van der Waals surface area contributed by atoms with Gasteiger partial charge in [0.25, 0.3) is 0 Å². The first-order valence-electron chi connectivity index (χ1n) is 6.61. The van der Waals surface area contributed by atoms with E-state index in [0.29, 0.717) is 30.0 Å². The van der Waals surface area contributed by atoms with Gasteiger partial charge in [-0.2, -0.15) is 0 Å². The van der Waals surface area contributed by atoms with E-state index < -0.39 is 9.84 Å². The number of sulfone groups is 1. The Morgan fingerprint density at radius 2 is 2.06 bits per heavy atom. The molecule has 0 aliphatic carbocycles. The van der Waals surface area contributed by atoms with Gasteiger partial charge in [0, 0.05) is 38.0 Å². The molecule has 1 fully saturated rings. The highest BCUT2D eigenvalue weighted by molar-refractivity contribution is 7.91. The Labute approximate surface area is 106 Å². The monoisotopic (exact) mass is 262 g/mol. The fourth-order valence-electron chi connectivity index (χ4n) is 2.37. The lowest BCUT2D eigenvalue weighted by atomic mass is 10.0. The topological polar surface area (TPSA) is 49.4 Å². The van der Waals surface area contributed by atoms with Crippen LogP contribution in [0.15, 0.2) is 0 Å². The maximum Gasteiger partial charge on any atom is 0.151 e. The third-order valence-electron chi connectivity index (χ3n) is 3.37. The number of rotatable bonds is 6. The fraction of sp³-hybridized carbons (Fsp3) is 1.00. The predicted octanol–water partition coefficient (Wildman–Crippen LogP) is 0.741. The summed E-state index contributed by atoms with van der Waals surface area (Å²) in [6.45, 7) is 9.91. The van der Waals surface area contributed by atoms with Crippen molar-refractivity contribution < 1.29 is 8.42 Å². The maximum absolute atomic E-state index is 11.7. The summed E-state index contributed by atoms with van der Waals surface area (Å²) in [4.78, 5) is 2.33. The van der Waals surface area contributed by atoms with Crippen LogP contribution in [-0.2, 0) is 9.84 Å². The van der Waals surface area contributed by atoms with Crippen molar-refractivity contribution in [3.05, 3.63) is 0 Å². The SMILES string of the molecule is CCCS(=O)(=O)CCN1CCNCC1C(C)C. The molecule has 1 unspecified atom stereocenters. The molecular weight excluding hydrogens is 236 g/mol. The molecule has 0 aromatic rings. The highest BCUT2D eigenvalue weighted by Crippen LogP contribution is 2.12. The number of nitrogens with zero attached hydrogens (tertiary/aromatic N) is 1. The van der Waals surface area contributed by atoms with Gasteiger partial charge in [-0.25, -0.2) is 8.42 Å². The number of piperazine rings is 1. The van der Waals surface area contributed by atoms with Crippen LogP contribution in [0.25, 0.3) is 0 Å². The molecule has 0 spiro atoms. The van der Waals surface area contributed by atoms with Gasteiger partial charge >= 0.3 is 0 Å². The number of nitrogens with one attached hydrogen (secondary N) is 1. The van der Waals surface area contributed by atoms with E-state index in [0.717, 1.165) is 26.1 Å². The van der Waals surface area contributed by atoms with Crippen LogP contribution in [0.2, 0.25) is 0 Å². The molecule has 1 aliphatic heterocycles. The van der Waals surface area contributed by atoms with E-state index in [9.17, 15) is 8.42 Å². The molecule has 0 aromatic carbocycles. The molecular formula is C12H26N2O2S. The molecule has 102 valence electrons. The third kappa shape index (κ3) is 4.94. The summed E-state index contributed by atoms with van der Waals surface area (Å²) in [6.07, 6.45) is 0.720. The van der Waals surface area contributed by atoms with Crippen molar-refractivity contribution >= 4 is 9.84 Å². The summed E-state index contributed by atoms with van der Waals surface area (Å²) in [7, 11) is -2.84. The average molecular weight is 262 g/mol. The highest BCUT2D eigenvalue weighted by atomic mass is 32.2. The normalized spacial score (nSPS) is 23.2. The smallest absolute Gasteiger partial charge is 0.151 e. The maximum atomic E-state index is 11.7. The first-order valence-corrected chi connectivity index (χ1v) is 8.43. The van der Waals surface area contributed by atoms with E-state index in [1.54, 1.807) is 0 Å². The lowest BCUT2D eigenvalue weighted by Crippen LogP contribution is -2.54. The average Bonchev–Trinajstić information content (AvgIpc) is 2.27. The van der Waals surface area contributed by atoms with Crippen LogP contribution < -0.4 is 5.32 Å². The van der Waals surface area contributed by atoms with E-state index in [4.69, 9.17) is 0 Å². The van der Waals surface area contributed by atoms with Crippen molar-refractivity contribution in [3.8, 4) is 0 Å². The Kier molecular flexibility index (Phi) is 5.89. The molecule has 0 aromatic heterocycles. The standard InChI is InChI=1S/C12H26N2O2S/c1-4-8-17(15,16)9-7-14-6-5-13-10-12(14)11(2)3/h11-13H,4-10H2,1-3H3. The van der Waals surface area contributed by atoms with E-state index in [-0.39, 0.29) is 0 Å². The molecule has 1 aliphatic rings. The number of hydrogen-bond donors (Lipinski definition) is 1. The first kappa shape index (κ1) is 14.9. The Bertz CT molecular complexity index is 314. The van der Waals surface area contributed by atoms with Crippen LogP contribution in [0.1, 0.15) is 27.2 Å². The second kappa shape index (κ2) is 6.71. The van der Waals surface area contributed by atoms with E-state index in [2.05, 4.69) is 24.1 Å². The molecule has 1 rings (SSSR count). The quantitative estimate of drug-likeness (QED) is 0.767. The van der Waals surface area contributed by atoms with Crippen molar-refractivity contribution in [1.82, 2.24) is 10.2 Å². The molecule has 0 radical (unpaired) electrons. The van der Waals surface area contributed by atoms with Gasteiger partial charge in [0.2, 0.25) is 0 Å². The fourth-order valence-corrected chi connectivity index (χ4v) is 3.71. The van der Waals surface area contributed by atoms with Crippen LogP contribution in [0.4, 0.5) is 0 Å². The Morgan fingerprint density at radius 3 is 2.65 bits per heavy atom. The van der Waals surface area contributed by atoms with E-state index in [1.807, 2.05) is 6.92 Å². The summed E-state index contributed by atoms with van der Waals surface area (Å²) < 4.78 is 23.4. The van der Waals surface area contributed by atoms with Crippen molar-refractivity contribution in [1.29, 1.82) is 0 Å².